The Morgan fingerprint density at radius 2 is 1.68 bits per heavy atom. The Balaban J connectivity index is 1.28. The Morgan fingerprint density at radius 3 is 2.42 bits per heavy atom. The molecular formula is C16H29NO2. The van der Waals surface area contributed by atoms with Gasteiger partial charge in [-0.05, 0) is 57.3 Å². The van der Waals surface area contributed by atoms with Crippen LogP contribution in [0, 0.1) is 5.92 Å². The van der Waals surface area contributed by atoms with Crippen molar-refractivity contribution in [1.29, 1.82) is 0 Å². The van der Waals surface area contributed by atoms with E-state index in [-0.39, 0.29) is 0 Å². The van der Waals surface area contributed by atoms with E-state index in [1.807, 2.05) is 0 Å². The average Bonchev–Trinajstić information content (AvgIpc) is 3.15. The summed E-state index contributed by atoms with van der Waals surface area (Å²) in [6.07, 6.45) is 11.6. The van der Waals surface area contributed by atoms with E-state index in [0.717, 1.165) is 25.1 Å². The van der Waals surface area contributed by atoms with Gasteiger partial charge in [-0.2, -0.15) is 0 Å². The molecule has 0 aromatic heterocycles. The van der Waals surface area contributed by atoms with E-state index in [4.69, 9.17) is 9.47 Å². The predicted octanol–water partition coefficient (Wildman–Crippen LogP) is 2.88. The lowest BCUT2D eigenvalue weighted by Crippen LogP contribution is -2.30. The molecule has 0 spiro atoms. The third-order valence-electron chi connectivity index (χ3n) is 4.89. The molecule has 3 nitrogen and oxygen atoms in total. The first kappa shape index (κ1) is 13.8. The number of hydrogen-bond donors (Lipinski definition) is 1. The van der Waals surface area contributed by atoms with E-state index in [1.165, 1.54) is 51.4 Å². The summed E-state index contributed by atoms with van der Waals surface area (Å²) in [5, 5.41) is 3.56. The van der Waals surface area contributed by atoms with Crippen LogP contribution in [0.5, 0.6) is 0 Å². The standard InChI is InChI=1S/C16H29NO2/c1-12-2-6-14(7-3-12)18-11-16-9-8-15(19-16)10-17-13-4-5-13/h12-17H,2-11H2,1H3. The molecule has 3 fully saturated rings. The summed E-state index contributed by atoms with van der Waals surface area (Å²) in [4.78, 5) is 0. The van der Waals surface area contributed by atoms with Crippen LogP contribution in [0.3, 0.4) is 0 Å². The molecule has 19 heavy (non-hydrogen) atoms. The van der Waals surface area contributed by atoms with Crippen LogP contribution in [-0.2, 0) is 9.47 Å². The van der Waals surface area contributed by atoms with Crippen LogP contribution in [-0.4, -0.2) is 37.5 Å². The molecule has 2 atom stereocenters. The van der Waals surface area contributed by atoms with Crippen molar-refractivity contribution in [1.82, 2.24) is 5.32 Å². The van der Waals surface area contributed by atoms with Crippen molar-refractivity contribution < 1.29 is 9.47 Å². The molecule has 0 bridgehead atoms. The Kier molecular flexibility index (Phi) is 4.78. The second-order valence-corrected chi connectivity index (χ2v) is 6.86. The van der Waals surface area contributed by atoms with E-state index in [1.54, 1.807) is 0 Å². The Hall–Kier alpha value is -0.120. The van der Waals surface area contributed by atoms with Crippen LogP contribution >= 0.6 is 0 Å². The van der Waals surface area contributed by atoms with Gasteiger partial charge in [-0.3, -0.25) is 0 Å². The van der Waals surface area contributed by atoms with Gasteiger partial charge in [0, 0.05) is 12.6 Å². The van der Waals surface area contributed by atoms with Crippen molar-refractivity contribution in [3.05, 3.63) is 0 Å². The van der Waals surface area contributed by atoms with Crippen LogP contribution in [0.4, 0.5) is 0 Å². The lowest BCUT2D eigenvalue weighted by atomic mass is 9.89. The Labute approximate surface area is 117 Å². The minimum absolute atomic E-state index is 0.352. The van der Waals surface area contributed by atoms with Gasteiger partial charge in [0.2, 0.25) is 0 Å². The summed E-state index contributed by atoms with van der Waals surface area (Å²) >= 11 is 0. The van der Waals surface area contributed by atoms with Crippen molar-refractivity contribution in [2.24, 2.45) is 5.92 Å². The summed E-state index contributed by atoms with van der Waals surface area (Å²) in [5.41, 5.74) is 0. The van der Waals surface area contributed by atoms with Gasteiger partial charge in [0.05, 0.1) is 24.9 Å². The molecule has 3 heteroatoms. The summed E-state index contributed by atoms with van der Waals surface area (Å²) < 4.78 is 12.1. The zero-order valence-electron chi connectivity index (χ0n) is 12.3. The first-order valence-electron chi connectivity index (χ1n) is 8.30. The average molecular weight is 267 g/mol. The number of ether oxygens (including phenoxy) is 2. The molecule has 0 aromatic rings. The van der Waals surface area contributed by atoms with Crippen molar-refractivity contribution in [3.63, 3.8) is 0 Å². The van der Waals surface area contributed by atoms with Gasteiger partial charge in [-0.1, -0.05) is 6.92 Å². The fourth-order valence-electron chi connectivity index (χ4n) is 3.28. The molecule has 110 valence electrons. The Morgan fingerprint density at radius 1 is 0.947 bits per heavy atom. The summed E-state index contributed by atoms with van der Waals surface area (Å²) in [6, 6.07) is 0.795. The smallest absolute Gasteiger partial charge is 0.0814 e. The maximum atomic E-state index is 6.06. The van der Waals surface area contributed by atoms with Crippen molar-refractivity contribution >= 4 is 0 Å². The maximum Gasteiger partial charge on any atom is 0.0814 e. The predicted molar refractivity (Wildman–Crippen MR) is 76.3 cm³/mol. The minimum Gasteiger partial charge on any atom is -0.376 e. The second-order valence-electron chi connectivity index (χ2n) is 6.86. The molecule has 2 aliphatic carbocycles. The number of nitrogens with one attached hydrogen (secondary N) is 1. The third kappa shape index (κ3) is 4.44. The number of hydrogen-bond acceptors (Lipinski definition) is 3. The molecule has 0 aromatic carbocycles. The highest BCUT2D eigenvalue weighted by atomic mass is 16.5. The molecule has 1 heterocycles. The monoisotopic (exact) mass is 267 g/mol. The van der Waals surface area contributed by atoms with Crippen LogP contribution in [0.15, 0.2) is 0 Å². The van der Waals surface area contributed by atoms with E-state index < -0.39 is 0 Å². The van der Waals surface area contributed by atoms with Gasteiger partial charge in [0.1, 0.15) is 0 Å². The fraction of sp³-hybridized carbons (Fsp3) is 1.00. The van der Waals surface area contributed by atoms with Gasteiger partial charge < -0.3 is 14.8 Å². The first-order chi connectivity index (χ1) is 9.29. The summed E-state index contributed by atoms with van der Waals surface area (Å²) in [7, 11) is 0. The first-order valence-corrected chi connectivity index (χ1v) is 8.30. The van der Waals surface area contributed by atoms with Crippen molar-refractivity contribution in [2.75, 3.05) is 13.2 Å². The highest BCUT2D eigenvalue weighted by Gasteiger charge is 2.29. The lowest BCUT2D eigenvalue weighted by molar-refractivity contribution is -0.0529. The molecule has 1 N–H and O–H groups in total. The normalized spacial score (nSPS) is 39.6. The highest BCUT2D eigenvalue weighted by Crippen LogP contribution is 2.27. The minimum atomic E-state index is 0.352. The van der Waals surface area contributed by atoms with Crippen LogP contribution in [0.25, 0.3) is 0 Å². The van der Waals surface area contributed by atoms with Crippen LogP contribution in [0.2, 0.25) is 0 Å². The third-order valence-corrected chi connectivity index (χ3v) is 4.89. The highest BCUT2D eigenvalue weighted by molar-refractivity contribution is 4.84. The van der Waals surface area contributed by atoms with Crippen LogP contribution in [0.1, 0.15) is 58.3 Å². The zero-order chi connectivity index (χ0) is 13.1. The molecule has 3 aliphatic rings. The number of rotatable bonds is 6. The SMILES string of the molecule is CC1CCC(OCC2CCC(CNC3CC3)O2)CC1. The molecule has 0 radical (unpaired) electrons. The lowest BCUT2D eigenvalue weighted by Gasteiger charge is -2.27. The molecule has 0 amide bonds. The van der Waals surface area contributed by atoms with Crippen LogP contribution < -0.4 is 5.32 Å². The van der Waals surface area contributed by atoms with E-state index in [9.17, 15) is 0 Å². The van der Waals surface area contributed by atoms with E-state index in [2.05, 4.69) is 12.2 Å². The quantitative estimate of drug-likeness (QED) is 0.802. The zero-order valence-corrected chi connectivity index (χ0v) is 12.3. The molecule has 1 saturated heterocycles. The second kappa shape index (κ2) is 6.55. The van der Waals surface area contributed by atoms with Crippen molar-refractivity contribution in [3.8, 4) is 0 Å². The van der Waals surface area contributed by atoms with Gasteiger partial charge in [-0.15, -0.1) is 0 Å². The molecule has 2 unspecified atom stereocenters. The van der Waals surface area contributed by atoms with Gasteiger partial charge in [-0.25, -0.2) is 0 Å². The van der Waals surface area contributed by atoms with E-state index in [0.29, 0.717) is 18.3 Å². The maximum absolute atomic E-state index is 6.06. The molecule has 1 aliphatic heterocycles. The Bertz CT molecular complexity index is 272. The van der Waals surface area contributed by atoms with E-state index >= 15 is 0 Å². The molecule has 3 rings (SSSR count). The van der Waals surface area contributed by atoms with Gasteiger partial charge >= 0.3 is 0 Å². The molecule has 2 saturated carbocycles. The topological polar surface area (TPSA) is 30.5 Å². The summed E-state index contributed by atoms with van der Waals surface area (Å²) in [6.45, 7) is 4.22. The summed E-state index contributed by atoms with van der Waals surface area (Å²) in [5.74, 6) is 0.903. The molecular weight excluding hydrogens is 238 g/mol. The van der Waals surface area contributed by atoms with Crippen molar-refractivity contribution in [2.45, 2.75) is 82.6 Å². The largest absolute Gasteiger partial charge is 0.376 e. The van der Waals surface area contributed by atoms with Gasteiger partial charge in [0.15, 0.2) is 0 Å². The van der Waals surface area contributed by atoms with Gasteiger partial charge in [0.25, 0.3) is 0 Å². The fourth-order valence-corrected chi connectivity index (χ4v) is 3.28.